The molecule has 7 heteroatoms. The Morgan fingerprint density at radius 3 is 2.85 bits per heavy atom. The van der Waals surface area contributed by atoms with E-state index in [4.69, 9.17) is 5.73 Å². The zero-order valence-electron chi connectivity index (χ0n) is 11.6. The van der Waals surface area contributed by atoms with E-state index in [1.807, 2.05) is 6.92 Å². The third kappa shape index (κ3) is 3.15. The van der Waals surface area contributed by atoms with E-state index in [0.29, 0.717) is 11.3 Å². The second kappa shape index (κ2) is 5.61. The number of amides is 1. The highest BCUT2D eigenvalue weighted by Crippen LogP contribution is 2.40. The molecule has 2 fully saturated rings. The number of hydrogen-bond acceptors (Lipinski definition) is 6. The first kappa shape index (κ1) is 14.3. The highest BCUT2D eigenvalue weighted by Gasteiger charge is 2.44. The van der Waals surface area contributed by atoms with Crippen molar-refractivity contribution < 1.29 is 4.79 Å². The van der Waals surface area contributed by atoms with Crippen molar-refractivity contribution in [1.29, 1.82) is 0 Å². The third-order valence-electron chi connectivity index (χ3n) is 4.01. The molecule has 2 unspecified atom stereocenters. The molecule has 5 nitrogen and oxygen atoms in total. The van der Waals surface area contributed by atoms with Crippen LogP contribution in [0.25, 0.3) is 0 Å². The molecule has 2 atom stereocenters. The number of aromatic nitrogens is 2. The van der Waals surface area contributed by atoms with Gasteiger partial charge in [-0.25, -0.2) is 0 Å². The van der Waals surface area contributed by atoms with Crippen molar-refractivity contribution in [2.24, 2.45) is 5.73 Å². The van der Waals surface area contributed by atoms with E-state index in [9.17, 15) is 4.79 Å². The number of primary amides is 1. The van der Waals surface area contributed by atoms with Crippen LogP contribution in [0, 0.1) is 6.92 Å². The van der Waals surface area contributed by atoms with Crippen LogP contribution in [0.1, 0.15) is 43.5 Å². The van der Waals surface area contributed by atoms with E-state index in [2.05, 4.69) is 15.5 Å². The van der Waals surface area contributed by atoms with Gasteiger partial charge in [-0.05, 0) is 45.4 Å². The van der Waals surface area contributed by atoms with E-state index in [-0.39, 0.29) is 5.91 Å². The highest BCUT2D eigenvalue weighted by molar-refractivity contribution is 8.01. The molecular formula is C13H20N4OS2. The molecule has 0 aromatic carbocycles. The molecule has 20 heavy (non-hydrogen) atoms. The standard InChI is InChI=1S/C13H20N4OS2/c1-8-16-17-12(19-8)20-10-3-2-6-13(7-10,11(14)18)15-9-4-5-9/h9-10,15H,2-7H2,1H3,(H2,14,18). The Balaban J connectivity index is 1.68. The molecule has 0 aliphatic heterocycles. The Kier molecular flexibility index (Phi) is 4.01. The summed E-state index contributed by atoms with van der Waals surface area (Å²) < 4.78 is 0.999. The fourth-order valence-corrected chi connectivity index (χ4v) is 5.24. The summed E-state index contributed by atoms with van der Waals surface area (Å²) >= 11 is 3.37. The van der Waals surface area contributed by atoms with Crippen LogP contribution in [-0.2, 0) is 4.79 Å². The number of thioether (sulfide) groups is 1. The molecule has 2 aliphatic carbocycles. The van der Waals surface area contributed by atoms with E-state index >= 15 is 0 Å². The lowest BCUT2D eigenvalue weighted by molar-refractivity contribution is -0.125. The Labute approximate surface area is 127 Å². The minimum Gasteiger partial charge on any atom is -0.368 e. The van der Waals surface area contributed by atoms with Gasteiger partial charge in [-0.2, -0.15) is 0 Å². The van der Waals surface area contributed by atoms with Crippen molar-refractivity contribution in [1.82, 2.24) is 15.5 Å². The van der Waals surface area contributed by atoms with Gasteiger partial charge in [0.25, 0.3) is 0 Å². The molecule has 0 spiro atoms. The van der Waals surface area contributed by atoms with Crippen molar-refractivity contribution in [3.8, 4) is 0 Å². The number of aryl methyl sites for hydroxylation is 1. The van der Waals surface area contributed by atoms with Crippen molar-refractivity contribution in [3.63, 3.8) is 0 Å². The quantitative estimate of drug-likeness (QED) is 0.867. The van der Waals surface area contributed by atoms with Crippen LogP contribution in [0.3, 0.4) is 0 Å². The van der Waals surface area contributed by atoms with Crippen LogP contribution in [0.5, 0.6) is 0 Å². The zero-order valence-corrected chi connectivity index (χ0v) is 13.2. The van der Waals surface area contributed by atoms with Gasteiger partial charge in [-0.15, -0.1) is 10.2 Å². The zero-order chi connectivity index (χ0) is 14.2. The largest absolute Gasteiger partial charge is 0.368 e. The molecule has 0 bridgehead atoms. The summed E-state index contributed by atoms with van der Waals surface area (Å²) in [6, 6.07) is 0.495. The molecule has 3 N–H and O–H groups in total. The van der Waals surface area contributed by atoms with Crippen LogP contribution in [0.4, 0.5) is 0 Å². The number of nitrogens with one attached hydrogen (secondary N) is 1. The maximum Gasteiger partial charge on any atom is 0.237 e. The smallest absolute Gasteiger partial charge is 0.237 e. The first-order valence-electron chi connectivity index (χ1n) is 7.12. The Bertz CT molecular complexity index is 502. The summed E-state index contributed by atoms with van der Waals surface area (Å²) in [4.78, 5) is 12.0. The van der Waals surface area contributed by atoms with Gasteiger partial charge in [0.2, 0.25) is 5.91 Å². The molecule has 2 aliphatic rings. The van der Waals surface area contributed by atoms with Gasteiger partial charge in [0.05, 0.1) is 5.54 Å². The van der Waals surface area contributed by atoms with Crippen molar-refractivity contribution >= 4 is 29.0 Å². The molecule has 2 saturated carbocycles. The maximum atomic E-state index is 12.0. The monoisotopic (exact) mass is 312 g/mol. The second-order valence-electron chi connectivity index (χ2n) is 5.79. The lowest BCUT2D eigenvalue weighted by Gasteiger charge is -2.39. The van der Waals surface area contributed by atoms with Gasteiger partial charge in [0.15, 0.2) is 4.34 Å². The molecule has 1 heterocycles. The second-order valence-corrected chi connectivity index (χ2v) is 8.52. The number of carbonyl (C=O) groups is 1. The molecule has 0 saturated heterocycles. The summed E-state index contributed by atoms with van der Waals surface area (Å²) in [5.41, 5.74) is 5.20. The van der Waals surface area contributed by atoms with Crippen molar-refractivity contribution in [2.75, 3.05) is 0 Å². The number of rotatable bonds is 5. The molecule has 1 aromatic heterocycles. The van der Waals surface area contributed by atoms with Gasteiger partial charge in [-0.1, -0.05) is 23.1 Å². The molecule has 110 valence electrons. The highest BCUT2D eigenvalue weighted by atomic mass is 32.2. The molecule has 0 radical (unpaired) electrons. The van der Waals surface area contributed by atoms with Crippen LogP contribution in [0.15, 0.2) is 4.34 Å². The predicted octanol–water partition coefficient (Wildman–Crippen LogP) is 1.86. The van der Waals surface area contributed by atoms with Crippen molar-refractivity contribution in [2.45, 2.75) is 66.6 Å². The summed E-state index contributed by atoms with van der Waals surface area (Å²) in [5.74, 6) is -0.192. The van der Waals surface area contributed by atoms with E-state index in [1.54, 1.807) is 23.1 Å². The Morgan fingerprint density at radius 2 is 2.25 bits per heavy atom. The summed E-state index contributed by atoms with van der Waals surface area (Å²) in [6.45, 7) is 1.96. The topological polar surface area (TPSA) is 80.9 Å². The number of hydrogen-bond donors (Lipinski definition) is 2. The molecular weight excluding hydrogens is 292 g/mol. The summed E-state index contributed by atoms with van der Waals surface area (Å²) in [6.07, 6.45) is 6.17. The number of carbonyl (C=O) groups excluding carboxylic acids is 1. The normalized spacial score (nSPS) is 30.4. The third-order valence-corrected chi connectivity index (χ3v) is 6.20. The van der Waals surface area contributed by atoms with E-state index in [1.165, 1.54) is 12.8 Å². The van der Waals surface area contributed by atoms with Gasteiger partial charge in [-0.3, -0.25) is 4.79 Å². The van der Waals surface area contributed by atoms with Gasteiger partial charge >= 0.3 is 0 Å². The van der Waals surface area contributed by atoms with Crippen LogP contribution in [-0.4, -0.2) is 32.9 Å². The fraction of sp³-hybridized carbons (Fsp3) is 0.769. The summed E-state index contributed by atoms with van der Waals surface area (Å²) in [5, 5.41) is 13.1. The van der Waals surface area contributed by atoms with Gasteiger partial charge in [0, 0.05) is 11.3 Å². The maximum absolute atomic E-state index is 12.0. The lowest BCUT2D eigenvalue weighted by Crippen LogP contribution is -2.59. The average Bonchev–Trinajstić information content (AvgIpc) is 3.11. The molecule has 3 rings (SSSR count). The first-order chi connectivity index (χ1) is 9.57. The molecule has 1 aromatic rings. The molecule has 1 amide bonds. The predicted molar refractivity (Wildman–Crippen MR) is 80.8 cm³/mol. The summed E-state index contributed by atoms with van der Waals surface area (Å²) in [7, 11) is 0. The lowest BCUT2D eigenvalue weighted by atomic mass is 9.80. The minimum atomic E-state index is -0.503. The van der Waals surface area contributed by atoms with E-state index < -0.39 is 5.54 Å². The van der Waals surface area contributed by atoms with Gasteiger partial charge in [0.1, 0.15) is 5.01 Å². The van der Waals surface area contributed by atoms with Gasteiger partial charge < -0.3 is 11.1 Å². The van der Waals surface area contributed by atoms with E-state index in [0.717, 1.165) is 35.0 Å². The first-order valence-corrected chi connectivity index (χ1v) is 8.81. The number of nitrogens with two attached hydrogens (primary N) is 1. The minimum absolute atomic E-state index is 0.192. The fourth-order valence-electron chi connectivity index (χ4n) is 2.84. The average molecular weight is 312 g/mol. The van der Waals surface area contributed by atoms with Crippen LogP contribution < -0.4 is 11.1 Å². The Morgan fingerprint density at radius 1 is 1.45 bits per heavy atom. The van der Waals surface area contributed by atoms with Crippen LogP contribution in [0.2, 0.25) is 0 Å². The van der Waals surface area contributed by atoms with Crippen molar-refractivity contribution in [3.05, 3.63) is 5.01 Å². The SMILES string of the molecule is Cc1nnc(SC2CCCC(NC3CC3)(C(N)=O)C2)s1. The Hall–Kier alpha value is -0.660. The number of nitrogens with zero attached hydrogens (tertiary/aromatic N) is 2. The van der Waals surface area contributed by atoms with Crippen LogP contribution >= 0.6 is 23.1 Å².